The van der Waals surface area contributed by atoms with E-state index in [0.717, 1.165) is 48.3 Å². The van der Waals surface area contributed by atoms with E-state index in [1.165, 1.54) is 35.1 Å². The summed E-state index contributed by atoms with van der Waals surface area (Å²) < 4.78 is 6.94. The number of thiophene rings is 1. The van der Waals surface area contributed by atoms with E-state index in [1.54, 1.807) is 0 Å². The Balaban J connectivity index is 1.51. The van der Waals surface area contributed by atoms with Gasteiger partial charge in [0.1, 0.15) is 10.8 Å². The van der Waals surface area contributed by atoms with Crippen LogP contribution >= 0.6 is 23.1 Å². The molecular weight excluding hydrogens is 432 g/mol. The van der Waals surface area contributed by atoms with Crippen molar-refractivity contribution >= 4 is 40.0 Å². The van der Waals surface area contributed by atoms with Crippen molar-refractivity contribution < 1.29 is 14.3 Å². The summed E-state index contributed by atoms with van der Waals surface area (Å²) in [7, 11) is 1.37. The number of benzene rings is 1. The molecule has 0 unspecified atom stereocenters. The van der Waals surface area contributed by atoms with Gasteiger partial charge in [0, 0.05) is 4.88 Å². The molecule has 1 aliphatic carbocycles. The Kier molecular flexibility index (Phi) is 6.43. The average Bonchev–Trinajstić information content (AvgIpc) is 3.32. The minimum Gasteiger partial charge on any atom is -0.465 e. The first kappa shape index (κ1) is 21.6. The lowest BCUT2D eigenvalue weighted by atomic mass is 9.95. The third-order valence-corrected chi connectivity index (χ3v) is 7.43. The van der Waals surface area contributed by atoms with Gasteiger partial charge in [0.05, 0.1) is 24.1 Å². The maximum atomic E-state index is 12.7. The van der Waals surface area contributed by atoms with Crippen LogP contribution in [0.2, 0.25) is 0 Å². The minimum atomic E-state index is -0.391. The van der Waals surface area contributed by atoms with Gasteiger partial charge >= 0.3 is 5.97 Å². The molecule has 1 amide bonds. The van der Waals surface area contributed by atoms with Gasteiger partial charge in [0.25, 0.3) is 0 Å². The number of rotatable bonds is 6. The van der Waals surface area contributed by atoms with Gasteiger partial charge in [-0.15, -0.1) is 21.5 Å². The van der Waals surface area contributed by atoms with Gasteiger partial charge in [-0.05, 0) is 56.7 Å². The predicted molar refractivity (Wildman–Crippen MR) is 122 cm³/mol. The molecule has 7 nitrogen and oxygen atoms in total. The maximum Gasteiger partial charge on any atom is 0.341 e. The quantitative estimate of drug-likeness (QED) is 0.439. The van der Waals surface area contributed by atoms with Crippen LogP contribution in [-0.4, -0.2) is 39.5 Å². The number of aromatic nitrogens is 3. The number of hydrogen-bond donors (Lipinski definition) is 1. The third-order valence-electron chi connectivity index (χ3n) is 5.30. The molecule has 2 aromatic heterocycles. The molecule has 0 saturated heterocycles. The summed E-state index contributed by atoms with van der Waals surface area (Å²) in [5, 5.41) is 12.6. The highest BCUT2D eigenvalue weighted by molar-refractivity contribution is 7.99. The number of carbonyl (C=O) groups is 2. The van der Waals surface area contributed by atoms with Gasteiger partial charge in [0.15, 0.2) is 5.16 Å². The van der Waals surface area contributed by atoms with Crippen molar-refractivity contribution in [1.82, 2.24) is 14.8 Å². The fourth-order valence-electron chi connectivity index (χ4n) is 3.79. The summed E-state index contributed by atoms with van der Waals surface area (Å²) >= 11 is 2.81. The molecule has 0 saturated carbocycles. The number of methoxy groups -OCH3 is 1. The Morgan fingerprint density at radius 3 is 2.74 bits per heavy atom. The molecule has 0 atom stereocenters. The number of fused-ring (bicyclic) bond motifs is 1. The van der Waals surface area contributed by atoms with Crippen LogP contribution in [0.3, 0.4) is 0 Å². The fraction of sp³-hybridized carbons (Fsp3) is 0.364. The van der Waals surface area contributed by atoms with E-state index in [1.807, 2.05) is 42.7 Å². The van der Waals surface area contributed by atoms with Crippen molar-refractivity contribution in [2.24, 2.45) is 0 Å². The van der Waals surface area contributed by atoms with E-state index in [2.05, 4.69) is 15.5 Å². The zero-order valence-corrected chi connectivity index (χ0v) is 19.4. The lowest BCUT2D eigenvalue weighted by molar-refractivity contribution is -0.113. The molecule has 0 bridgehead atoms. The highest BCUT2D eigenvalue weighted by Crippen LogP contribution is 2.38. The molecule has 1 aliphatic rings. The van der Waals surface area contributed by atoms with E-state index < -0.39 is 5.97 Å². The van der Waals surface area contributed by atoms with Gasteiger partial charge in [-0.1, -0.05) is 30.0 Å². The first-order valence-electron chi connectivity index (χ1n) is 10.1. The smallest absolute Gasteiger partial charge is 0.341 e. The topological polar surface area (TPSA) is 86.1 Å². The van der Waals surface area contributed by atoms with Crippen molar-refractivity contribution in [3.63, 3.8) is 0 Å². The van der Waals surface area contributed by atoms with Crippen LogP contribution in [0, 0.1) is 13.8 Å². The van der Waals surface area contributed by atoms with Crippen LogP contribution in [0.1, 0.15) is 45.0 Å². The van der Waals surface area contributed by atoms with E-state index in [9.17, 15) is 9.59 Å². The number of aryl methyl sites for hydroxylation is 3. The Hall–Kier alpha value is -2.65. The monoisotopic (exact) mass is 456 g/mol. The third kappa shape index (κ3) is 4.38. The fourth-order valence-corrected chi connectivity index (χ4v) is 5.88. The number of nitrogens with one attached hydrogen (secondary N) is 1. The first-order chi connectivity index (χ1) is 15.0. The molecule has 1 N–H and O–H groups in total. The normalized spacial score (nSPS) is 13.0. The minimum absolute atomic E-state index is 0.160. The zero-order valence-electron chi connectivity index (χ0n) is 17.7. The summed E-state index contributed by atoms with van der Waals surface area (Å²) in [6.07, 6.45) is 3.93. The highest BCUT2D eigenvalue weighted by atomic mass is 32.2. The van der Waals surface area contributed by atoms with Crippen molar-refractivity contribution in [3.8, 4) is 5.69 Å². The molecule has 0 aliphatic heterocycles. The molecular formula is C22H24N4O3S2. The van der Waals surface area contributed by atoms with Crippen molar-refractivity contribution in [2.75, 3.05) is 18.2 Å². The largest absolute Gasteiger partial charge is 0.465 e. The number of anilines is 1. The molecule has 162 valence electrons. The van der Waals surface area contributed by atoms with Crippen molar-refractivity contribution in [1.29, 1.82) is 0 Å². The van der Waals surface area contributed by atoms with Crippen LogP contribution in [0.4, 0.5) is 5.00 Å². The molecule has 31 heavy (non-hydrogen) atoms. The Morgan fingerprint density at radius 2 is 1.97 bits per heavy atom. The van der Waals surface area contributed by atoms with Crippen LogP contribution in [0.5, 0.6) is 0 Å². The van der Waals surface area contributed by atoms with Gasteiger partial charge in [-0.3, -0.25) is 9.36 Å². The number of nitrogens with zero attached hydrogens (tertiary/aromatic N) is 3. The van der Waals surface area contributed by atoms with Gasteiger partial charge in [0.2, 0.25) is 5.91 Å². The van der Waals surface area contributed by atoms with E-state index in [4.69, 9.17) is 4.74 Å². The summed E-state index contributed by atoms with van der Waals surface area (Å²) in [5.41, 5.74) is 3.64. The van der Waals surface area contributed by atoms with Gasteiger partial charge in [-0.2, -0.15) is 0 Å². The molecule has 0 spiro atoms. The zero-order chi connectivity index (χ0) is 22.0. The Bertz CT molecular complexity index is 1140. The summed E-state index contributed by atoms with van der Waals surface area (Å²) in [4.78, 5) is 26.3. The molecule has 0 radical (unpaired) electrons. The van der Waals surface area contributed by atoms with Crippen molar-refractivity contribution in [3.05, 3.63) is 51.7 Å². The SMILES string of the molecule is COC(=O)c1c(NC(=O)CSc2nnc(C)n2-c2ccccc2C)sc2c1CCCC2. The number of thioether (sulfide) groups is 1. The lowest BCUT2D eigenvalue weighted by Gasteiger charge is -2.12. The Morgan fingerprint density at radius 1 is 1.19 bits per heavy atom. The number of hydrogen-bond acceptors (Lipinski definition) is 7. The van der Waals surface area contributed by atoms with Gasteiger partial charge in [-0.25, -0.2) is 4.79 Å². The van der Waals surface area contributed by atoms with Crippen LogP contribution in [0.15, 0.2) is 29.4 Å². The van der Waals surface area contributed by atoms with Crippen LogP contribution in [0.25, 0.3) is 5.69 Å². The number of ether oxygens (including phenoxy) is 1. The molecule has 3 aromatic rings. The molecule has 2 heterocycles. The molecule has 9 heteroatoms. The van der Waals surface area contributed by atoms with E-state index >= 15 is 0 Å². The summed E-state index contributed by atoms with van der Waals surface area (Å²) in [6.45, 7) is 3.92. The van der Waals surface area contributed by atoms with Crippen molar-refractivity contribution in [2.45, 2.75) is 44.7 Å². The number of para-hydroxylation sites is 1. The standard InChI is InChI=1S/C22H24N4O3S2/c1-13-8-4-6-10-16(13)26-14(2)24-25-22(26)30-12-18(27)23-20-19(21(28)29-3)15-9-5-7-11-17(15)31-20/h4,6,8,10H,5,7,9,11-12H2,1-3H3,(H,23,27). The number of carbonyl (C=O) groups excluding carboxylic acids is 2. The summed E-state index contributed by atoms with van der Waals surface area (Å²) in [6, 6.07) is 7.99. The second kappa shape index (κ2) is 9.23. The predicted octanol–water partition coefficient (Wildman–Crippen LogP) is 4.34. The second-order valence-corrected chi connectivity index (χ2v) is 9.44. The van der Waals surface area contributed by atoms with Crippen LogP contribution in [-0.2, 0) is 22.4 Å². The Labute approximate surface area is 189 Å². The molecule has 1 aromatic carbocycles. The average molecular weight is 457 g/mol. The second-order valence-electron chi connectivity index (χ2n) is 7.40. The first-order valence-corrected chi connectivity index (χ1v) is 11.9. The lowest BCUT2D eigenvalue weighted by Crippen LogP contribution is -2.17. The molecule has 4 rings (SSSR count). The highest BCUT2D eigenvalue weighted by Gasteiger charge is 2.27. The number of amides is 1. The van der Waals surface area contributed by atoms with Gasteiger partial charge < -0.3 is 10.1 Å². The molecule has 0 fully saturated rings. The van der Waals surface area contributed by atoms with Crippen LogP contribution < -0.4 is 5.32 Å². The summed E-state index contributed by atoms with van der Waals surface area (Å²) in [5.74, 6) is 0.340. The van der Waals surface area contributed by atoms with E-state index in [0.29, 0.717) is 15.7 Å². The van der Waals surface area contributed by atoms with E-state index in [-0.39, 0.29) is 11.7 Å². The number of esters is 1. The maximum absolute atomic E-state index is 12.7.